The van der Waals surface area contributed by atoms with Gasteiger partial charge in [0.05, 0.1) is 19.1 Å². The lowest BCUT2D eigenvalue weighted by Crippen LogP contribution is -2.49. The van der Waals surface area contributed by atoms with Crippen molar-refractivity contribution in [2.75, 3.05) is 19.8 Å². The van der Waals surface area contributed by atoms with Gasteiger partial charge in [-0.1, -0.05) is 0 Å². The molecule has 0 spiro atoms. The van der Waals surface area contributed by atoms with Crippen LogP contribution in [0.1, 0.15) is 88.8 Å². The van der Waals surface area contributed by atoms with E-state index in [1.54, 1.807) is 0 Å². The highest BCUT2D eigenvalue weighted by Crippen LogP contribution is 2.64. The van der Waals surface area contributed by atoms with Crippen LogP contribution in [-0.4, -0.2) is 57.7 Å². The van der Waals surface area contributed by atoms with E-state index in [4.69, 9.17) is 14.8 Å². The van der Waals surface area contributed by atoms with Crippen molar-refractivity contribution in [2.24, 2.45) is 17.8 Å². The number of hydrogen-bond donors (Lipinski definition) is 0. The van der Waals surface area contributed by atoms with Crippen molar-refractivity contribution >= 4 is 0 Å². The molecule has 4 aliphatic rings. The second-order valence-electron chi connectivity index (χ2n) is 10.6. The summed E-state index contributed by atoms with van der Waals surface area (Å²) >= 11 is 0. The van der Waals surface area contributed by atoms with E-state index in [1.807, 2.05) is 0 Å². The molecule has 0 aromatic carbocycles. The molecule has 174 valence electrons. The van der Waals surface area contributed by atoms with Gasteiger partial charge in [0.1, 0.15) is 5.82 Å². The summed E-state index contributed by atoms with van der Waals surface area (Å²) in [5.41, 5.74) is 0. The van der Waals surface area contributed by atoms with Gasteiger partial charge in [0.25, 0.3) is 0 Å². The summed E-state index contributed by atoms with van der Waals surface area (Å²) < 4.78 is 46.8. The Morgan fingerprint density at radius 3 is 2.32 bits per heavy atom. The maximum Gasteiger partial charge on any atom is 0.391 e. The number of morpholine rings is 1. The van der Waals surface area contributed by atoms with Gasteiger partial charge in [-0.3, -0.25) is 4.90 Å². The van der Waals surface area contributed by atoms with E-state index in [9.17, 15) is 13.2 Å². The molecule has 0 bridgehead atoms. The van der Waals surface area contributed by atoms with Crippen LogP contribution < -0.4 is 0 Å². The molecule has 8 heteroatoms. The van der Waals surface area contributed by atoms with Crippen LogP contribution in [0.2, 0.25) is 0 Å². The number of nitrogens with zero attached hydrogens (tertiary/aromatic N) is 4. The molecule has 5 rings (SSSR count). The Bertz CT molecular complexity index is 774. The Morgan fingerprint density at radius 1 is 1.06 bits per heavy atom. The monoisotopic (exact) mass is 440 g/mol. The summed E-state index contributed by atoms with van der Waals surface area (Å²) in [5.74, 6) is 2.61. The fourth-order valence-electron chi connectivity index (χ4n) is 6.56. The molecule has 5 nitrogen and oxygen atoms in total. The topological polar surface area (TPSA) is 43.2 Å². The quantitative estimate of drug-likeness (QED) is 0.667. The van der Waals surface area contributed by atoms with Gasteiger partial charge >= 0.3 is 6.18 Å². The van der Waals surface area contributed by atoms with E-state index in [2.05, 4.69) is 30.4 Å². The van der Waals surface area contributed by atoms with Crippen molar-refractivity contribution in [3.05, 3.63) is 11.6 Å². The molecule has 3 atom stereocenters. The zero-order valence-electron chi connectivity index (χ0n) is 18.8. The van der Waals surface area contributed by atoms with Crippen molar-refractivity contribution in [3.63, 3.8) is 0 Å². The molecule has 2 heterocycles. The van der Waals surface area contributed by atoms with Crippen molar-refractivity contribution in [1.29, 1.82) is 0 Å². The van der Waals surface area contributed by atoms with Crippen molar-refractivity contribution in [3.8, 4) is 0 Å². The number of rotatable bonds is 4. The Balaban J connectivity index is 1.26. The van der Waals surface area contributed by atoms with E-state index in [0.717, 1.165) is 31.4 Å². The fraction of sp³-hybridized carbons (Fsp3) is 0.913. The molecular formula is C23H35F3N4O. The highest BCUT2D eigenvalue weighted by molar-refractivity contribution is 5.22. The Kier molecular flexibility index (Phi) is 5.60. The lowest BCUT2D eigenvalue weighted by atomic mass is 9.81. The largest absolute Gasteiger partial charge is 0.391 e. The van der Waals surface area contributed by atoms with E-state index in [-0.39, 0.29) is 24.8 Å². The van der Waals surface area contributed by atoms with Crippen LogP contribution in [0.25, 0.3) is 0 Å². The van der Waals surface area contributed by atoms with Crippen LogP contribution in [0.4, 0.5) is 13.2 Å². The van der Waals surface area contributed by atoms with Gasteiger partial charge in [-0.2, -0.15) is 18.3 Å². The molecule has 4 fully saturated rings. The fourth-order valence-corrected chi connectivity index (χ4v) is 6.56. The summed E-state index contributed by atoms with van der Waals surface area (Å²) in [5, 5.41) is 4.83. The Morgan fingerprint density at radius 2 is 1.74 bits per heavy atom. The molecule has 0 radical (unpaired) electrons. The summed E-state index contributed by atoms with van der Waals surface area (Å²) in [7, 11) is 0. The Labute approximate surface area is 182 Å². The summed E-state index contributed by atoms with van der Waals surface area (Å²) in [6.07, 6.45) is -0.143. The van der Waals surface area contributed by atoms with Crippen molar-refractivity contribution in [1.82, 2.24) is 19.7 Å². The predicted molar refractivity (Wildman–Crippen MR) is 111 cm³/mol. The molecule has 0 amide bonds. The summed E-state index contributed by atoms with van der Waals surface area (Å²) in [6.45, 7) is 9.20. The van der Waals surface area contributed by atoms with Gasteiger partial charge in [-0.05, 0) is 71.1 Å². The molecule has 31 heavy (non-hydrogen) atoms. The molecular weight excluding hydrogens is 405 g/mol. The van der Waals surface area contributed by atoms with Crippen LogP contribution in [0.3, 0.4) is 0 Å². The van der Waals surface area contributed by atoms with Gasteiger partial charge in [0, 0.05) is 36.5 Å². The molecule has 1 aromatic rings. The van der Waals surface area contributed by atoms with Gasteiger partial charge in [-0.15, -0.1) is 0 Å². The van der Waals surface area contributed by atoms with Gasteiger partial charge in [-0.25, -0.2) is 9.67 Å². The van der Waals surface area contributed by atoms with Crippen LogP contribution in [0.15, 0.2) is 0 Å². The van der Waals surface area contributed by atoms with Gasteiger partial charge in [0.2, 0.25) is 0 Å². The normalized spacial score (nSPS) is 37.4. The van der Waals surface area contributed by atoms with Crippen LogP contribution in [0.5, 0.6) is 0 Å². The standard InChI is InChI=1S/C23H35F3N4O/c1-13(2)30-22(27-21(28-30)15-4-6-16(7-5-15)23(24,25)26)20-18-10-17(11-19(18)20)29-8-9-31-12-14(29)3/h13-20H,4-12H2,1-3H3/t14-,15?,16?,17?,18-,19-,20?/m1/s1. The number of halogens is 3. The van der Waals surface area contributed by atoms with E-state index in [0.29, 0.717) is 42.7 Å². The second kappa shape index (κ2) is 8.01. The maximum atomic E-state index is 13.0. The Hall–Kier alpha value is -1.15. The molecule has 0 N–H and O–H groups in total. The molecule has 1 saturated heterocycles. The summed E-state index contributed by atoms with van der Waals surface area (Å²) in [4.78, 5) is 7.61. The first-order valence-electron chi connectivity index (χ1n) is 12.1. The van der Waals surface area contributed by atoms with Crippen molar-refractivity contribution < 1.29 is 17.9 Å². The average molecular weight is 441 g/mol. The highest BCUT2D eigenvalue weighted by Gasteiger charge is 2.60. The van der Waals surface area contributed by atoms with Crippen LogP contribution >= 0.6 is 0 Å². The molecule has 3 saturated carbocycles. The average Bonchev–Trinajstić information content (AvgIpc) is 3.09. The number of hydrogen-bond acceptors (Lipinski definition) is 4. The zero-order chi connectivity index (χ0) is 21.9. The lowest BCUT2D eigenvalue weighted by molar-refractivity contribution is -0.182. The SMILES string of the molecule is CC(C)n1nc(C2CCC(C(F)(F)F)CC2)nc1C1[C@@H]2CC(N3CCOC[C@H]3C)C[C@@H]12. The van der Waals surface area contributed by atoms with Crippen LogP contribution in [0, 0.1) is 17.8 Å². The minimum absolute atomic E-state index is 0.0675. The third-order valence-corrected chi connectivity index (χ3v) is 8.32. The predicted octanol–water partition coefficient (Wildman–Crippen LogP) is 4.91. The summed E-state index contributed by atoms with van der Waals surface area (Å²) in [6, 6.07) is 1.37. The third-order valence-electron chi connectivity index (χ3n) is 8.32. The lowest BCUT2D eigenvalue weighted by Gasteiger charge is -2.38. The van der Waals surface area contributed by atoms with E-state index < -0.39 is 12.1 Å². The number of fused-ring (bicyclic) bond motifs is 1. The van der Waals surface area contributed by atoms with Gasteiger partial charge < -0.3 is 4.74 Å². The molecule has 1 aliphatic heterocycles. The zero-order valence-corrected chi connectivity index (χ0v) is 18.8. The molecule has 1 aromatic heterocycles. The van der Waals surface area contributed by atoms with E-state index in [1.165, 1.54) is 12.8 Å². The number of ether oxygens (including phenoxy) is 1. The maximum absolute atomic E-state index is 13.0. The minimum atomic E-state index is -4.07. The number of aromatic nitrogens is 3. The van der Waals surface area contributed by atoms with Gasteiger partial charge in [0.15, 0.2) is 5.82 Å². The second-order valence-corrected chi connectivity index (χ2v) is 10.6. The third kappa shape index (κ3) is 4.03. The first kappa shape index (κ1) is 21.7. The first-order valence-corrected chi connectivity index (χ1v) is 12.1. The molecule has 0 unspecified atom stereocenters. The van der Waals surface area contributed by atoms with Crippen LogP contribution in [-0.2, 0) is 4.74 Å². The molecule has 3 aliphatic carbocycles. The smallest absolute Gasteiger partial charge is 0.379 e. The van der Waals surface area contributed by atoms with Crippen molar-refractivity contribution in [2.45, 2.75) is 95.4 Å². The minimum Gasteiger partial charge on any atom is -0.379 e. The first-order chi connectivity index (χ1) is 14.7. The number of alkyl halides is 3. The van der Waals surface area contributed by atoms with E-state index >= 15 is 0 Å². The highest BCUT2D eigenvalue weighted by atomic mass is 19.4.